The molecule has 2 rings (SSSR count). The van der Waals surface area contributed by atoms with Crippen LogP contribution in [0.3, 0.4) is 0 Å². The van der Waals surface area contributed by atoms with Crippen LogP contribution in [0.25, 0.3) is 0 Å². The number of rotatable bonds is 3. The summed E-state index contributed by atoms with van der Waals surface area (Å²) < 4.78 is 0. The van der Waals surface area contributed by atoms with Crippen molar-refractivity contribution in [1.82, 2.24) is 0 Å². The molecule has 0 aliphatic heterocycles. The Hall–Kier alpha value is -0.820. The highest BCUT2D eigenvalue weighted by Crippen LogP contribution is 2.29. The Morgan fingerprint density at radius 3 is 2.40 bits per heavy atom. The van der Waals surface area contributed by atoms with Gasteiger partial charge in [-0.15, -0.1) is 0 Å². The van der Waals surface area contributed by atoms with E-state index in [1.807, 2.05) is 0 Å². The van der Waals surface area contributed by atoms with Crippen LogP contribution in [0.2, 0.25) is 0 Å². The van der Waals surface area contributed by atoms with Gasteiger partial charge in [-0.2, -0.15) is 0 Å². The van der Waals surface area contributed by atoms with E-state index in [1.54, 1.807) is 0 Å². The Labute approximate surface area is 92.1 Å². The summed E-state index contributed by atoms with van der Waals surface area (Å²) in [4.78, 5) is 0. The van der Waals surface area contributed by atoms with Gasteiger partial charge in [-0.25, -0.2) is 0 Å². The van der Waals surface area contributed by atoms with Gasteiger partial charge in [0.15, 0.2) is 0 Å². The maximum Gasteiger partial charge on any atom is 0.0608 e. The van der Waals surface area contributed by atoms with E-state index in [2.05, 4.69) is 31.2 Å². The summed E-state index contributed by atoms with van der Waals surface area (Å²) >= 11 is 0. The molecule has 0 radical (unpaired) electrons. The summed E-state index contributed by atoms with van der Waals surface area (Å²) in [6.45, 7) is 2.09. The summed E-state index contributed by atoms with van der Waals surface area (Å²) in [5.74, 6) is 0.548. The van der Waals surface area contributed by atoms with Crippen molar-refractivity contribution in [3.05, 3.63) is 35.4 Å². The minimum Gasteiger partial charge on any atom is -0.392 e. The van der Waals surface area contributed by atoms with E-state index in [-0.39, 0.29) is 6.10 Å². The largest absolute Gasteiger partial charge is 0.392 e. The van der Waals surface area contributed by atoms with Gasteiger partial charge >= 0.3 is 0 Å². The van der Waals surface area contributed by atoms with Crippen LogP contribution in [-0.4, -0.2) is 11.2 Å². The quantitative estimate of drug-likeness (QED) is 0.802. The van der Waals surface area contributed by atoms with E-state index in [0.29, 0.717) is 5.92 Å². The summed E-state index contributed by atoms with van der Waals surface area (Å²) in [5.41, 5.74) is 2.55. The minimum atomic E-state index is -0.129. The van der Waals surface area contributed by atoms with Crippen molar-refractivity contribution in [2.24, 2.45) is 5.92 Å². The van der Waals surface area contributed by atoms with E-state index >= 15 is 0 Å². The summed E-state index contributed by atoms with van der Waals surface area (Å²) in [7, 11) is 0. The SMILES string of the molecule is Cc1ccc(CC(O)C2CCCC2)cc1. The molecule has 0 bridgehead atoms. The molecule has 1 N–H and O–H groups in total. The van der Waals surface area contributed by atoms with E-state index in [0.717, 1.165) is 6.42 Å². The zero-order chi connectivity index (χ0) is 10.7. The molecule has 1 saturated carbocycles. The lowest BCUT2D eigenvalue weighted by Gasteiger charge is -2.17. The molecule has 82 valence electrons. The van der Waals surface area contributed by atoms with Crippen molar-refractivity contribution >= 4 is 0 Å². The molecule has 0 amide bonds. The maximum atomic E-state index is 10.1. The van der Waals surface area contributed by atoms with Gasteiger partial charge < -0.3 is 5.11 Å². The topological polar surface area (TPSA) is 20.2 Å². The first-order chi connectivity index (χ1) is 7.25. The fraction of sp³-hybridized carbons (Fsp3) is 0.571. The van der Waals surface area contributed by atoms with Crippen LogP contribution in [0.15, 0.2) is 24.3 Å². The molecule has 0 heterocycles. The number of hydrogen-bond acceptors (Lipinski definition) is 1. The average Bonchev–Trinajstić information content (AvgIpc) is 2.74. The van der Waals surface area contributed by atoms with Crippen LogP contribution in [0.5, 0.6) is 0 Å². The molecule has 0 saturated heterocycles. The monoisotopic (exact) mass is 204 g/mol. The molecule has 1 fully saturated rings. The molecule has 1 atom stereocenters. The van der Waals surface area contributed by atoms with Gasteiger partial charge in [0.1, 0.15) is 0 Å². The van der Waals surface area contributed by atoms with E-state index in [4.69, 9.17) is 0 Å². The van der Waals surface area contributed by atoms with Crippen molar-refractivity contribution in [1.29, 1.82) is 0 Å². The highest BCUT2D eigenvalue weighted by Gasteiger charge is 2.22. The van der Waals surface area contributed by atoms with Crippen LogP contribution < -0.4 is 0 Å². The zero-order valence-electron chi connectivity index (χ0n) is 9.45. The molecule has 1 aromatic rings. The lowest BCUT2D eigenvalue weighted by Crippen LogP contribution is -2.20. The molecule has 0 spiro atoms. The average molecular weight is 204 g/mol. The molecular formula is C14H20O. The molecule has 1 aliphatic rings. The Morgan fingerprint density at radius 2 is 1.80 bits per heavy atom. The van der Waals surface area contributed by atoms with Crippen molar-refractivity contribution in [2.45, 2.75) is 45.1 Å². The van der Waals surface area contributed by atoms with Crippen LogP contribution >= 0.6 is 0 Å². The van der Waals surface area contributed by atoms with E-state index in [9.17, 15) is 5.11 Å². The third-order valence-electron chi connectivity index (χ3n) is 3.51. The smallest absolute Gasteiger partial charge is 0.0608 e. The van der Waals surface area contributed by atoms with Gasteiger partial charge in [-0.05, 0) is 37.7 Å². The fourth-order valence-electron chi connectivity index (χ4n) is 2.47. The molecule has 1 nitrogen and oxygen atoms in total. The molecule has 1 aliphatic carbocycles. The first kappa shape index (κ1) is 10.7. The van der Waals surface area contributed by atoms with Gasteiger partial charge in [0, 0.05) is 0 Å². The lowest BCUT2D eigenvalue weighted by atomic mass is 9.94. The van der Waals surface area contributed by atoms with Crippen LogP contribution in [0.4, 0.5) is 0 Å². The number of benzene rings is 1. The van der Waals surface area contributed by atoms with Crippen molar-refractivity contribution < 1.29 is 5.11 Å². The number of aliphatic hydroxyl groups is 1. The Bertz CT molecular complexity index is 296. The van der Waals surface area contributed by atoms with Crippen LogP contribution in [0, 0.1) is 12.8 Å². The summed E-state index contributed by atoms with van der Waals surface area (Å²) in [6.07, 6.45) is 5.73. The minimum absolute atomic E-state index is 0.129. The van der Waals surface area contributed by atoms with Gasteiger partial charge in [0.25, 0.3) is 0 Å². The maximum absolute atomic E-state index is 10.1. The summed E-state index contributed by atoms with van der Waals surface area (Å²) in [6, 6.07) is 8.51. The summed E-state index contributed by atoms with van der Waals surface area (Å²) in [5, 5.41) is 10.1. The molecule has 15 heavy (non-hydrogen) atoms. The predicted octanol–water partition coefficient (Wildman–Crippen LogP) is 3.09. The third-order valence-corrected chi connectivity index (χ3v) is 3.51. The van der Waals surface area contributed by atoms with Crippen LogP contribution in [-0.2, 0) is 6.42 Å². The standard InChI is InChI=1S/C14H20O/c1-11-6-8-12(9-7-11)10-14(15)13-4-2-3-5-13/h6-9,13-15H,2-5,10H2,1H3. The molecule has 1 heteroatoms. The molecule has 0 aromatic heterocycles. The van der Waals surface area contributed by atoms with E-state index < -0.39 is 0 Å². The second-order valence-electron chi connectivity index (χ2n) is 4.80. The number of aliphatic hydroxyl groups excluding tert-OH is 1. The second-order valence-corrected chi connectivity index (χ2v) is 4.80. The van der Waals surface area contributed by atoms with E-state index in [1.165, 1.54) is 36.8 Å². The molecule has 1 unspecified atom stereocenters. The fourth-order valence-corrected chi connectivity index (χ4v) is 2.47. The predicted molar refractivity (Wildman–Crippen MR) is 62.8 cm³/mol. The number of hydrogen-bond donors (Lipinski definition) is 1. The first-order valence-corrected chi connectivity index (χ1v) is 5.99. The highest BCUT2D eigenvalue weighted by atomic mass is 16.3. The lowest BCUT2D eigenvalue weighted by molar-refractivity contribution is 0.111. The van der Waals surface area contributed by atoms with Crippen molar-refractivity contribution in [3.63, 3.8) is 0 Å². The molecule has 1 aromatic carbocycles. The van der Waals surface area contributed by atoms with Gasteiger partial charge in [-0.3, -0.25) is 0 Å². The van der Waals surface area contributed by atoms with Gasteiger partial charge in [0.05, 0.1) is 6.10 Å². The zero-order valence-corrected chi connectivity index (χ0v) is 9.45. The second kappa shape index (κ2) is 4.80. The Kier molecular flexibility index (Phi) is 3.42. The van der Waals surface area contributed by atoms with Crippen LogP contribution in [0.1, 0.15) is 36.8 Å². The van der Waals surface area contributed by atoms with Gasteiger partial charge in [-0.1, -0.05) is 42.7 Å². The third kappa shape index (κ3) is 2.82. The Morgan fingerprint density at radius 1 is 1.20 bits per heavy atom. The van der Waals surface area contributed by atoms with Crippen molar-refractivity contribution in [2.75, 3.05) is 0 Å². The Balaban J connectivity index is 1.92. The first-order valence-electron chi connectivity index (χ1n) is 5.99. The molecular weight excluding hydrogens is 184 g/mol. The normalized spacial score (nSPS) is 19.3. The highest BCUT2D eigenvalue weighted by molar-refractivity contribution is 5.21. The van der Waals surface area contributed by atoms with Gasteiger partial charge in [0.2, 0.25) is 0 Å². The number of aryl methyl sites for hydroxylation is 1. The van der Waals surface area contributed by atoms with Crippen molar-refractivity contribution in [3.8, 4) is 0 Å².